The van der Waals surface area contributed by atoms with Crippen LogP contribution in [0.2, 0.25) is 5.02 Å². The summed E-state index contributed by atoms with van der Waals surface area (Å²) in [5, 5.41) is 0.774. The molecule has 128 valence electrons. The molecule has 1 fully saturated rings. The third-order valence-electron chi connectivity index (χ3n) is 4.39. The van der Waals surface area contributed by atoms with Crippen molar-refractivity contribution in [3.63, 3.8) is 0 Å². The molecule has 0 spiro atoms. The average Bonchev–Trinajstić information content (AvgIpc) is 2.57. The Kier molecular flexibility index (Phi) is 7.86. The second-order valence-corrected chi connectivity index (χ2v) is 6.67. The molecule has 0 bridgehead atoms. The zero-order valence-corrected chi connectivity index (χ0v) is 14.6. The normalized spacial score (nSPS) is 15.8. The first-order valence-electron chi connectivity index (χ1n) is 8.63. The Hall–Kier alpha value is -1.10. The Bertz CT molecular complexity index is 470. The molecular weight excluding hydrogens is 310 g/mol. The van der Waals surface area contributed by atoms with Crippen LogP contribution in [0.3, 0.4) is 0 Å². The lowest BCUT2D eigenvalue weighted by Gasteiger charge is -2.34. The quantitative estimate of drug-likeness (QED) is 0.742. The summed E-state index contributed by atoms with van der Waals surface area (Å²) in [6.45, 7) is 5.26. The number of nitrogens with zero attached hydrogens (tertiary/aromatic N) is 2. The van der Waals surface area contributed by atoms with Gasteiger partial charge >= 0.3 is 0 Å². The van der Waals surface area contributed by atoms with Gasteiger partial charge in [0.1, 0.15) is 0 Å². The van der Waals surface area contributed by atoms with Gasteiger partial charge in [-0.15, -0.1) is 0 Å². The fourth-order valence-electron chi connectivity index (χ4n) is 2.94. The van der Waals surface area contributed by atoms with Gasteiger partial charge < -0.3 is 10.6 Å². The number of unbranched alkanes of at least 4 members (excludes halogenated alkanes) is 3. The monoisotopic (exact) mass is 337 g/mol. The zero-order valence-electron chi connectivity index (χ0n) is 13.8. The number of nitrogens with two attached hydrogens (primary N) is 1. The van der Waals surface area contributed by atoms with E-state index in [1.54, 1.807) is 0 Å². The lowest BCUT2D eigenvalue weighted by atomic mass is 10.1. The molecule has 5 heteroatoms. The fourth-order valence-corrected chi connectivity index (χ4v) is 3.06. The number of carbonyl (C=O) groups excluding carboxylic acids is 1. The molecule has 1 saturated heterocycles. The molecular formula is C18H28ClN3O. The number of benzene rings is 1. The smallest absolute Gasteiger partial charge is 0.222 e. The summed E-state index contributed by atoms with van der Waals surface area (Å²) in [5.41, 5.74) is 6.75. The zero-order chi connectivity index (χ0) is 16.5. The Morgan fingerprint density at radius 3 is 2.30 bits per heavy atom. The number of hydrogen-bond acceptors (Lipinski definition) is 3. The molecule has 0 atom stereocenters. The third kappa shape index (κ3) is 6.50. The molecule has 0 aliphatic carbocycles. The van der Waals surface area contributed by atoms with E-state index in [4.69, 9.17) is 17.3 Å². The first-order chi connectivity index (χ1) is 11.2. The van der Waals surface area contributed by atoms with Gasteiger partial charge in [0.2, 0.25) is 5.91 Å². The van der Waals surface area contributed by atoms with E-state index in [0.29, 0.717) is 12.3 Å². The predicted octanol–water partition coefficient (Wildman–Crippen LogP) is 2.89. The first kappa shape index (κ1) is 18.2. The maximum Gasteiger partial charge on any atom is 0.222 e. The maximum absolute atomic E-state index is 12.2. The number of piperazine rings is 1. The fraction of sp³-hybridized carbons (Fsp3) is 0.611. The molecule has 1 amide bonds. The van der Waals surface area contributed by atoms with E-state index in [1.807, 2.05) is 17.0 Å². The van der Waals surface area contributed by atoms with Crippen molar-refractivity contribution in [2.24, 2.45) is 5.73 Å². The van der Waals surface area contributed by atoms with Crippen molar-refractivity contribution in [3.05, 3.63) is 34.9 Å². The van der Waals surface area contributed by atoms with Crippen LogP contribution in [0.5, 0.6) is 0 Å². The van der Waals surface area contributed by atoms with E-state index in [9.17, 15) is 4.79 Å². The van der Waals surface area contributed by atoms with Crippen LogP contribution in [0.4, 0.5) is 0 Å². The van der Waals surface area contributed by atoms with Gasteiger partial charge in [-0.1, -0.05) is 36.6 Å². The van der Waals surface area contributed by atoms with Crippen LogP contribution in [0.1, 0.15) is 37.7 Å². The lowest BCUT2D eigenvalue weighted by Crippen LogP contribution is -2.48. The summed E-state index contributed by atoms with van der Waals surface area (Å²) in [4.78, 5) is 16.6. The van der Waals surface area contributed by atoms with E-state index >= 15 is 0 Å². The number of hydrogen-bond donors (Lipinski definition) is 1. The van der Waals surface area contributed by atoms with E-state index in [-0.39, 0.29) is 0 Å². The van der Waals surface area contributed by atoms with Crippen molar-refractivity contribution in [1.82, 2.24) is 9.80 Å². The summed E-state index contributed by atoms with van der Waals surface area (Å²) >= 11 is 5.91. The van der Waals surface area contributed by atoms with Crippen LogP contribution in [-0.2, 0) is 11.3 Å². The van der Waals surface area contributed by atoms with Gasteiger partial charge in [-0.3, -0.25) is 9.69 Å². The van der Waals surface area contributed by atoms with Gasteiger partial charge in [0, 0.05) is 44.2 Å². The van der Waals surface area contributed by atoms with Crippen LogP contribution < -0.4 is 5.73 Å². The van der Waals surface area contributed by atoms with Crippen molar-refractivity contribution in [2.45, 2.75) is 38.6 Å². The van der Waals surface area contributed by atoms with Crippen molar-refractivity contribution in [1.29, 1.82) is 0 Å². The number of carbonyl (C=O) groups is 1. The van der Waals surface area contributed by atoms with E-state index in [2.05, 4.69) is 17.0 Å². The number of halogens is 1. The number of rotatable bonds is 8. The molecule has 2 N–H and O–H groups in total. The van der Waals surface area contributed by atoms with Crippen molar-refractivity contribution >= 4 is 17.5 Å². The lowest BCUT2D eigenvalue weighted by molar-refractivity contribution is -0.133. The molecule has 0 aromatic heterocycles. The molecule has 0 radical (unpaired) electrons. The molecule has 0 saturated carbocycles. The van der Waals surface area contributed by atoms with Crippen molar-refractivity contribution in [2.75, 3.05) is 32.7 Å². The van der Waals surface area contributed by atoms with Crippen LogP contribution in [-0.4, -0.2) is 48.4 Å². The Labute approximate surface area is 144 Å². The van der Waals surface area contributed by atoms with Gasteiger partial charge in [-0.2, -0.15) is 0 Å². The van der Waals surface area contributed by atoms with E-state index < -0.39 is 0 Å². The van der Waals surface area contributed by atoms with Gasteiger partial charge in [0.05, 0.1) is 0 Å². The summed E-state index contributed by atoms with van der Waals surface area (Å²) in [5.74, 6) is 0.309. The van der Waals surface area contributed by atoms with Crippen LogP contribution >= 0.6 is 11.6 Å². The molecule has 23 heavy (non-hydrogen) atoms. The molecule has 1 aromatic carbocycles. The van der Waals surface area contributed by atoms with Crippen molar-refractivity contribution < 1.29 is 4.79 Å². The van der Waals surface area contributed by atoms with Gasteiger partial charge in [0.15, 0.2) is 0 Å². The second-order valence-electron chi connectivity index (χ2n) is 6.24. The first-order valence-corrected chi connectivity index (χ1v) is 9.01. The topological polar surface area (TPSA) is 49.6 Å². The highest BCUT2D eigenvalue weighted by Gasteiger charge is 2.20. The van der Waals surface area contributed by atoms with E-state index in [1.165, 1.54) is 5.56 Å². The van der Waals surface area contributed by atoms with Crippen LogP contribution in [0, 0.1) is 0 Å². The molecule has 1 aliphatic heterocycles. The summed E-state index contributed by atoms with van der Waals surface area (Å²) < 4.78 is 0. The number of amides is 1. The Balaban J connectivity index is 1.65. The minimum absolute atomic E-state index is 0.309. The van der Waals surface area contributed by atoms with Gasteiger partial charge in [-0.25, -0.2) is 0 Å². The maximum atomic E-state index is 12.2. The molecule has 1 heterocycles. The average molecular weight is 338 g/mol. The Morgan fingerprint density at radius 1 is 1.00 bits per heavy atom. The second kappa shape index (κ2) is 9.91. The van der Waals surface area contributed by atoms with Crippen molar-refractivity contribution in [3.8, 4) is 0 Å². The molecule has 1 aromatic rings. The highest BCUT2D eigenvalue weighted by molar-refractivity contribution is 6.30. The molecule has 4 nitrogen and oxygen atoms in total. The molecule has 0 unspecified atom stereocenters. The molecule has 1 aliphatic rings. The van der Waals surface area contributed by atoms with Gasteiger partial charge in [0.25, 0.3) is 0 Å². The largest absolute Gasteiger partial charge is 0.340 e. The van der Waals surface area contributed by atoms with Crippen LogP contribution in [0.25, 0.3) is 0 Å². The summed E-state index contributed by atoms with van der Waals surface area (Å²) in [7, 11) is 0. The minimum atomic E-state index is 0.309. The highest BCUT2D eigenvalue weighted by atomic mass is 35.5. The Morgan fingerprint density at radius 2 is 1.65 bits per heavy atom. The summed E-state index contributed by atoms with van der Waals surface area (Å²) in [6.07, 6.45) is 4.99. The third-order valence-corrected chi connectivity index (χ3v) is 4.64. The molecule has 2 rings (SSSR count). The van der Waals surface area contributed by atoms with E-state index in [0.717, 1.165) is 70.0 Å². The highest BCUT2D eigenvalue weighted by Crippen LogP contribution is 2.14. The summed E-state index contributed by atoms with van der Waals surface area (Å²) in [6, 6.07) is 8.01. The standard InChI is InChI=1S/C18H28ClN3O/c19-17-8-6-16(7-9-17)15-21-11-13-22(14-12-21)18(23)5-3-1-2-4-10-20/h6-9H,1-5,10-15,20H2. The van der Waals surface area contributed by atoms with Gasteiger partial charge in [-0.05, 0) is 37.1 Å². The predicted molar refractivity (Wildman–Crippen MR) is 95.4 cm³/mol. The van der Waals surface area contributed by atoms with Crippen LogP contribution in [0.15, 0.2) is 24.3 Å². The minimum Gasteiger partial charge on any atom is -0.340 e. The SMILES string of the molecule is NCCCCCCC(=O)N1CCN(Cc2ccc(Cl)cc2)CC1.